The van der Waals surface area contributed by atoms with Gasteiger partial charge >= 0.3 is 0 Å². The van der Waals surface area contributed by atoms with Crippen molar-refractivity contribution in [3.05, 3.63) is 58.0 Å². The quantitative estimate of drug-likeness (QED) is 0.725. The van der Waals surface area contributed by atoms with Crippen molar-refractivity contribution < 1.29 is 9.90 Å². The second-order valence-electron chi connectivity index (χ2n) is 5.05. The molecule has 0 saturated heterocycles. The molecule has 4 nitrogen and oxygen atoms in total. The average Bonchev–Trinajstić information content (AvgIpc) is 2.54. The van der Waals surface area contributed by atoms with Crippen molar-refractivity contribution in [1.82, 2.24) is 9.97 Å². The Kier molecular flexibility index (Phi) is 4.31. The fourth-order valence-corrected chi connectivity index (χ4v) is 3.05. The Balaban J connectivity index is 2.40. The van der Waals surface area contributed by atoms with E-state index in [0.29, 0.717) is 32.1 Å². The largest absolute Gasteiger partial charge is 0.388 e. The normalized spacial score (nSPS) is 11.0. The minimum absolute atomic E-state index is 0.182. The zero-order valence-electron chi connectivity index (χ0n) is 12.2. The first kappa shape index (κ1) is 15.9. The Morgan fingerprint density at radius 3 is 2.52 bits per heavy atom. The van der Waals surface area contributed by atoms with E-state index in [-0.39, 0.29) is 5.69 Å². The highest BCUT2D eigenvalue weighted by atomic mass is 35.5. The molecule has 0 aliphatic carbocycles. The Morgan fingerprint density at radius 1 is 1.17 bits per heavy atom. The molecule has 2 aromatic heterocycles. The standard InChI is InChI=1S/C17H12Cl2N2O2/c1-9-5-6-10-16(21-9)11(7-20-17(10)14(23)8-22)15-12(18)3-2-4-13(15)19/h2-7,22H,8H2,1H3. The number of hydrogen-bond donors (Lipinski definition) is 1. The molecular weight excluding hydrogens is 335 g/mol. The number of Topliss-reactive ketones (excluding diaryl/α,β-unsaturated/α-hetero) is 1. The van der Waals surface area contributed by atoms with Gasteiger partial charge < -0.3 is 5.11 Å². The van der Waals surface area contributed by atoms with Gasteiger partial charge in [0.2, 0.25) is 5.78 Å². The van der Waals surface area contributed by atoms with E-state index < -0.39 is 12.4 Å². The van der Waals surface area contributed by atoms with Crippen molar-refractivity contribution in [2.24, 2.45) is 0 Å². The number of nitrogens with zero attached hydrogens (tertiary/aromatic N) is 2. The molecule has 0 fully saturated rings. The summed E-state index contributed by atoms with van der Waals surface area (Å²) in [5.41, 5.74) is 2.81. The fourth-order valence-electron chi connectivity index (χ4n) is 2.45. The van der Waals surface area contributed by atoms with E-state index in [0.717, 1.165) is 5.69 Å². The minimum atomic E-state index is -0.609. The van der Waals surface area contributed by atoms with Gasteiger partial charge in [-0.15, -0.1) is 0 Å². The molecule has 1 aromatic carbocycles. The number of aryl methyl sites for hydroxylation is 1. The second kappa shape index (κ2) is 6.24. The summed E-state index contributed by atoms with van der Waals surface area (Å²) in [5.74, 6) is -0.461. The minimum Gasteiger partial charge on any atom is -0.388 e. The van der Waals surface area contributed by atoms with E-state index in [4.69, 9.17) is 28.3 Å². The summed E-state index contributed by atoms with van der Waals surface area (Å²) in [4.78, 5) is 20.6. The van der Waals surface area contributed by atoms with Crippen LogP contribution in [-0.2, 0) is 0 Å². The number of carbonyl (C=O) groups excluding carboxylic acids is 1. The van der Waals surface area contributed by atoms with Crippen LogP contribution in [0.4, 0.5) is 0 Å². The molecule has 1 N–H and O–H groups in total. The van der Waals surface area contributed by atoms with Crippen LogP contribution >= 0.6 is 23.2 Å². The topological polar surface area (TPSA) is 63.1 Å². The van der Waals surface area contributed by atoms with E-state index in [1.54, 1.807) is 30.3 Å². The molecule has 0 unspecified atom stereocenters. The van der Waals surface area contributed by atoms with Crippen LogP contribution in [0.15, 0.2) is 36.5 Å². The number of fused-ring (bicyclic) bond motifs is 1. The highest BCUT2D eigenvalue weighted by Gasteiger charge is 2.18. The number of halogens is 2. The summed E-state index contributed by atoms with van der Waals surface area (Å²) in [6, 6.07) is 8.78. The van der Waals surface area contributed by atoms with Gasteiger partial charge in [0.05, 0.1) is 15.6 Å². The van der Waals surface area contributed by atoms with Crippen LogP contribution in [0.2, 0.25) is 10.0 Å². The zero-order chi connectivity index (χ0) is 16.6. The first-order chi connectivity index (χ1) is 11.0. The molecule has 0 saturated carbocycles. The molecule has 0 bridgehead atoms. The van der Waals surface area contributed by atoms with E-state index in [1.807, 2.05) is 6.92 Å². The van der Waals surface area contributed by atoms with Crippen LogP contribution in [0.5, 0.6) is 0 Å². The lowest BCUT2D eigenvalue weighted by Gasteiger charge is -2.12. The number of carbonyl (C=O) groups is 1. The van der Waals surface area contributed by atoms with Crippen molar-refractivity contribution in [2.75, 3.05) is 6.61 Å². The third kappa shape index (κ3) is 2.81. The van der Waals surface area contributed by atoms with Crippen molar-refractivity contribution >= 4 is 39.9 Å². The van der Waals surface area contributed by atoms with Crippen LogP contribution in [0.3, 0.4) is 0 Å². The van der Waals surface area contributed by atoms with Crippen molar-refractivity contribution in [3.63, 3.8) is 0 Å². The monoisotopic (exact) mass is 346 g/mol. The average molecular weight is 347 g/mol. The fraction of sp³-hybridized carbons (Fsp3) is 0.118. The van der Waals surface area contributed by atoms with Gasteiger partial charge in [-0.2, -0.15) is 0 Å². The van der Waals surface area contributed by atoms with Gasteiger partial charge in [-0.05, 0) is 31.2 Å². The molecule has 0 atom stereocenters. The maximum atomic E-state index is 11.9. The first-order valence-corrected chi connectivity index (χ1v) is 7.63. The molecule has 116 valence electrons. The summed E-state index contributed by atoms with van der Waals surface area (Å²) in [5, 5.41) is 10.6. The lowest BCUT2D eigenvalue weighted by molar-refractivity contribution is 0.0900. The molecule has 6 heteroatoms. The van der Waals surface area contributed by atoms with E-state index in [9.17, 15) is 4.79 Å². The van der Waals surface area contributed by atoms with E-state index in [1.165, 1.54) is 6.20 Å². The third-order valence-corrected chi connectivity index (χ3v) is 4.14. The molecule has 0 amide bonds. The highest BCUT2D eigenvalue weighted by molar-refractivity contribution is 6.39. The summed E-state index contributed by atoms with van der Waals surface area (Å²) in [6.45, 7) is 1.24. The number of aromatic nitrogens is 2. The zero-order valence-corrected chi connectivity index (χ0v) is 13.7. The van der Waals surface area contributed by atoms with Gasteiger partial charge in [0.1, 0.15) is 12.3 Å². The Labute approximate surface area is 142 Å². The van der Waals surface area contributed by atoms with Gasteiger partial charge in [0.15, 0.2) is 0 Å². The molecular formula is C17H12Cl2N2O2. The highest BCUT2D eigenvalue weighted by Crippen LogP contribution is 2.38. The summed E-state index contributed by atoms with van der Waals surface area (Å²) < 4.78 is 0. The van der Waals surface area contributed by atoms with Gasteiger partial charge in [0.25, 0.3) is 0 Å². The van der Waals surface area contributed by atoms with E-state index >= 15 is 0 Å². The smallest absolute Gasteiger partial charge is 0.207 e. The molecule has 0 aliphatic rings. The van der Waals surface area contributed by atoms with Crippen molar-refractivity contribution in [3.8, 4) is 11.1 Å². The summed E-state index contributed by atoms with van der Waals surface area (Å²) in [7, 11) is 0. The Bertz CT molecular complexity index is 906. The van der Waals surface area contributed by atoms with Crippen LogP contribution in [-0.4, -0.2) is 27.5 Å². The predicted octanol–water partition coefficient (Wildman–Crippen LogP) is 4.09. The number of hydrogen-bond acceptors (Lipinski definition) is 4. The van der Waals surface area contributed by atoms with Crippen LogP contribution in [0.1, 0.15) is 16.2 Å². The molecule has 23 heavy (non-hydrogen) atoms. The van der Waals surface area contributed by atoms with Gasteiger partial charge in [-0.25, -0.2) is 0 Å². The lowest BCUT2D eigenvalue weighted by Crippen LogP contribution is -2.08. The summed E-state index contributed by atoms with van der Waals surface area (Å²) in [6.07, 6.45) is 1.52. The molecule has 0 aliphatic heterocycles. The number of benzene rings is 1. The van der Waals surface area contributed by atoms with Crippen LogP contribution < -0.4 is 0 Å². The Hall–Kier alpha value is -2.01. The number of aliphatic hydroxyl groups excluding tert-OH is 1. The Morgan fingerprint density at radius 2 is 1.87 bits per heavy atom. The molecule has 3 aromatic rings. The number of aliphatic hydroxyl groups is 1. The third-order valence-electron chi connectivity index (χ3n) is 3.51. The SMILES string of the molecule is Cc1ccc2c(C(=O)CO)ncc(-c3c(Cl)cccc3Cl)c2n1. The predicted molar refractivity (Wildman–Crippen MR) is 91.1 cm³/mol. The van der Waals surface area contributed by atoms with Crippen molar-refractivity contribution in [2.45, 2.75) is 6.92 Å². The van der Waals surface area contributed by atoms with Crippen molar-refractivity contribution in [1.29, 1.82) is 0 Å². The second-order valence-corrected chi connectivity index (χ2v) is 5.86. The van der Waals surface area contributed by atoms with E-state index in [2.05, 4.69) is 9.97 Å². The lowest BCUT2D eigenvalue weighted by atomic mass is 10.0. The van der Waals surface area contributed by atoms with Crippen LogP contribution in [0, 0.1) is 6.92 Å². The first-order valence-electron chi connectivity index (χ1n) is 6.87. The molecule has 2 heterocycles. The van der Waals surface area contributed by atoms with Gasteiger partial charge in [-0.3, -0.25) is 14.8 Å². The molecule has 0 radical (unpaired) electrons. The van der Waals surface area contributed by atoms with Gasteiger partial charge in [-0.1, -0.05) is 29.3 Å². The van der Waals surface area contributed by atoms with Gasteiger partial charge in [0, 0.05) is 28.4 Å². The summed E-state index contributed by atoms with van der Waals surface area (Å²) >= 11 is 12.6. The molecule has 3 rings (SSSR count). The van der Waals surface area contributed by atoms with Crippen LogP contribution in [0.25, 0.3) is 22.0 Å². The number of pyridine rings is 2. The molecule has 0 spiro atoms. The maximum Gasteiger partial charge on any atom is 0.207 e. The maximum absolute atomic E-state index is 11.9. The number of rotatable bonds is 3. The number of ketones is 1.